The summed E-state index contributed by atoms with van der Waals surface area (Å²) < 4.78 is 13.2. The van der Waals surface area contributed by atoms with E-state index in [-0.39, 0.29) is 42.5 Å². The van der Waals surface area contributed by atoms with E-state index in [9.17, 15) is 18.8 Å². The van der Waals surface area contributed by atoms with Gasteiger partial charge in [-0.3, -0.25) is 19.3 Å². The maximum absolute atomic E-state index is 13.2. The second-order valence-electron chi connectivity index (χ2n) is 8.22. The van der Waals surface area contributed by atoms with Gasteiger partial charge in [0.1, 0.15) is 11.6 Å². The standard InChI is InChI=1S/C23H26FN5O3/c1-14-18-12-20(31)29(11-9-16-5-7-17(24)8-6-16)23(18)27-22(26-14)19-4-3-10-28(19)21(32)13-25-15(2)30/h5-8,19H,3-4,9-13H2,1-2H3,(H,25,30)/t19-/m0/s1. The molecule has 0 radical (unpaired) electrons. The highest BCUT2D eigenvalue weighted by atomic mass is 19.1. The number of rotatable bonds is 6. The van der Waals surface area contributed by atoms with Gasteiger partial charge in [-0.15, -0.1) is 0 Å². The van der Waals surface area contributed by atoms with Crippen LogP contribution in [0.5, 0.6) is 0 Å². The summed E-state index contributed by atoms with van der Waals surface area (Å²) >= 11 is 0. The molecule has 2 aliphatic rings. The van der Waals surface area contributed by atoms with E-state index in [1.807, 2.05) is 6.92 Å². The van der Waals surface area contributed by atoms with Crippen LogP contribution < -0.4 is 10.2 Å². The third-order valence-electron chi connectivity index (χ3n) is 5.99. The highest BCUT2D eigenvalue weighted by Crippen LogP contribution is 2.35. The summed E-state index contributed by atoms with van der Waals surface area (Å²) in [6.45, 7) is 4.19. The van der Waals surface area contributed by atoms with Crippen LogP contribution in [0.4, 0.5) is 10.2 Å². The molecule has 0 spiro atoms. The predicted molar refractivity (Wildman–Crippen MR) is 115 cm³/mol. The minimum absolute atomic E-state index is 0.0401. The Hall–Kier alpha value is -3.36. The van der Waals surface area contributed by atoms with Gasteiger partial charge in [-0.2, -0.15) is 0 Å². The molecule has 0 bridgehead atoms. The first-order valence-corrected chi connectivity index (χ1v) is 10.8. The van der Waals surface area contributed by atoms with E-state index in [1.54, 1.807) is 21.9 Å². The first kappa shape index (κ1) is 21.9. The summed E-state index contributed by atoms with van der Waals surface area (Å²) in [7, 11) is 0. The summed E-state index contributed by atoms with van der Waals surface area (Å²) in [5.41, 5.74) is 2.49. The van der Waals surface area contributed by atoms with Crippen LogP contribution in [0, 0.1) is 12.7 Å². The van der Waals surface area contributed by atoms with Gasteiger partial charge in [0.05, 0.1) is 19.0 Å². The average Bonchev–Trinajstić information content (AvgIpc) is 3.36. The fraction of sp³-hybridized carbons (Fsp3) is 0.435. The van der Waals surface area contributed by atoms with Crippen molar-refractivity contribution in [2.24, 2.45) is 0 Å². The molecule has 3 amide bonds. The Morgan fingerprint density at radius 1 is 1.22 bits per heavy atom. The highest BCUT2D eigenvalue weighted by Gasteiger charge is 2.36. The van der Waals surface area contributed by atoms with Gasteiger partial charge in [0, 0.05) is 31.3 Å². The van der Waals surface area contributed by atoms with Gasteiger partial charge in [-0.25, -0.2) is 14.4 Å². The molecule has 2 aliphatic heterocycles. The SMILES string of the molecule is CC(=O)NCC(=O)N1CCC[C@H]1c1nc(C)c2c(n1)N(CCc1ccc(F)cc1)C(=O)C2. The maximum Gasteiger partial charge on any atom is 0.242 e. The van der Waals surface area contributed by atoms with Crippen LogP contribution >= 0.6 is 0 Å². The first-order valence-electron chi connectivity index (χ1n) is 10.8. The first-order chi connectivity index (χ1) is 15.3. The van der Waals surface area contributed by atoms with Crippen molar-refractivity contribution in [1.29, 1.82) is 0 Å². The Bertz CT molecular complexity index is 1060. The second-order valence-corrected chi connectivity index (χ2v) is 8.22. The molecule has 1 fully saturated rings. The molecule has 0 aliphatic carbocycles. The Morgan fingerprint density at radius 2 is 1.97 bits per heavy atom. The number of nitrogens with zero attached hydrogens (tertiary/aromatic N) is 4. The van der Waals surface area contributed by atoms with Gasteiger partial charge in [0.2, 0.25) is 17.7 Å². The van der Waals surface area contributed by atoms with Crippen molar-refractivity contribution in [3.63, 3.8) is 0 Å². The molecule has 1 aromatic carbocycles. The van der Waals surface area contributed by atoms with Crippen LogP contribution in [-0.4, -0.2) is 52.2 Å². The number of nitrogens with one attached hydrogen (secondary N) is 1. The van der Waals surface area contributed by atoms with E-state index in [2.05, 4.69) is 10.3 Å². The fourth-order valence-corrected chi connectivity index (χ4v) is 4.30. The molecular weight excluding hydrogens is 413 g/mol. The Kier molecular flexibility index (Phi) is 6.16. The van der Waals surface area contributed by atoms with Crippen molar-refractivity contribution in [1.82, 2.24) is 20.2 Å². The van der Waals surface area contributed by atoms with E-state index in [4.69, 9.17) is 4.98 Å². The van der Waals surface area contributed by atoms with E-state index < -0.39 is 0 Å². The van der Waals surface area contributed by atoms with Gasteiger partial charge >= 0.3 is 0 Å². The number of fused-ring (bicyclic) bond motifs is 1. The molecule has 8 nitrogen and oxygen atoms in total. The Morgan fingerprint density at radius 3 is 2.69 bits per heavy atom. The zero-order chi connectivity index (χ0) is 22.8. The average molecular weight is 439 g/mol. The van der Waals surface area contributed by atoms with Gasteiger partial charge in [0.15, 0.2) is 5.82 Å². The summed E-state index contributed by atoms with van der Waals surface area (Å²) in [5, 5.41) is 2.55. The molecule has 1 saturated heterocycles. The minimum Gasteiger partial charge on any atom is -0.347 e. The van der Waals surface area contributed by atoms with Crippen molar-refractivity contribution in [2.45, 2.75) is 45.6 Å². The monoisotopic (exact) mass is 439 g/mol. The van der Waals surface area contributed by atoms with Crippen LogP contribution in [0.3, 0.4) is 0 Å². The lowest BCUT2D eigenvalue weighted by molar-refractivity contribution is -0.133. The van der Waals surface area contributed by atoms with E-state index in [0.717, 1.165) is 29.7 Å². The lowest BCUT2D eigenvalue weighted by atomic mass is 10.1. The second kappa shape index (κ2) is 9.02. The van der Waals surface area contributed by atoms with Crippen LogP contribution in [0.15, 0.2) is 24.3 Å². The quantitative estimate of drug-likeness (QED) is 0.741. The smallest absolute Gasteiger partial charge is 0.242 e. The third-order valence-corrected chi connectivity index (χ3v) is 5.99. The normalized spacial score (nSPS) is 17.6. The van der Waals surface area contributed by atoms with E-state index in [0.29, 0.717) is 31.2 Å². The molecular formula is C23H26FN5O3. The fourth-order valence-electron chi connectivity index (χ4n) is 4.30. The molecule has 3 heterocycles. The van der Waals surface area contributed by atoms with Crippen molar-refractivity contribution >= 4 is 23.5 Å². The molecule has 0 unspecified atom stereocenters. The zero-order valence-corrected chi connectivity index (χ0v) is 18.2. The Balaban J connectivity index is 1.55. The number of carbonyl (C=O) groups excluding carboxylic acids is 3. The molecule has 32 heavy (non-hydrogen) atoms. The zero-order valence-electron chi connectivity index (χ0n) is 18.2. The summed E-state index contributed by atoms with van der Waals surface area (Å²) in [6.07, 6.45) is 2.38. The van der Waals surface area contributed by atoms with Crippen molar-refractivity contribution < 1.29 is 18.8 Å². The molecule has 2 aromatic rings. The Labute approximate surface area is 185 Å². The van der Waals surface area contributed by atoms with Gasteiger partial charge in [0.25, 0.3) is 0 Å². The summed E-state index contributed by atoms with van der Waals surface area (Å²) in [5.74, 6) is 0.361. The summed E-state index contributed by atoms with van der Waals surface area (Å²) in [4.78, 5) is 49.2. The van der Waals surface area contributed by atoms with Crippen LogP contribution in [0.25, 0.3) is 0 Å². The molecule has 4 rings (SSSR count). The largest absolute Gasteiger partial charge is 0.347 e. The topological polar surface area (TPSA) is 95.5 Å². The van der Waals surface area contributed by atoms with E-state index >= 15 is 0 Å². The van der Waals surface area contributed by atoms with Gasteiger partial charge in [-0.05, 0) is 43.9 Å². The number of aryl methyl sites for hydroxylation is 1. The van der Waals surface area contributed by atoms with E-state index in [1.165, 1.54) is 19.1 Å². The van der Waals surface area contributed by atoms with Gasteiger partial charge in [-0.1, -0.05) is 12.1 Å². The molecule has 1 atom stereocenters. The molecule has 0 saturated carbocycles. The number of halogens is 1. The minimum atomic E-state index is -0.293. The number of amides is 3. The predicted octanol–water partition coefficient (Wildman–Crippen LogP) is 1.86. The number of benzene rings is 1. The number of carbonyl (C=O) groups is 3. The van der Waals surface area contributed by atoms with Crippen LogP contribution in [0.2, 0.25) is 0 Å². The molecule has 1 N–H and O–H groups in total. The lowest BCUT2D eigenvalue weighted by Crippen LogP contribution is -2.39. The summed E-state index contributed by atoms with van der Waals surface area (Å²) in [6, 6.07) is 5.96. The molecule has 1 aromatic heterocycles. The maximum atomic E-state index is 13.2. The van der Waals surface area contributed by atoms with Gasteiger partial charge < -0.3 is 10.2 Å². The van der Waals surface area contributed by atoms with Crippen LogP contribution in [0.1, 0.15) is 48.5 Å². The number of hydrogen-bond donors (Lipinski definition) is 1. The number of hydrogen-bond acceptors (Lipinski definition) is 5. The van der Waals surface area contributed by atoms with Crippen molar-refractivity contribution in [3.8, 4) is 0 Å². The van der Waals surface area contributed by atoms with Crippen molar-refractivity contribution in [2.75, 3.05) is 24.5 Å². The lowest BCUT2D eigenvalue weighted by Gasteiger charge is -2.25. The highest BCUT2D eigenvalue weighted by molar-refractivity contribution is 6.00. The van der Waals surface area contributed by atoms with Crippen LogP contribution in [-0.2, 0) is 27.2 Å². The van der Waals surface area contributed by atoms with Crippen molar-refractivity contribution in [3.05, 3.63) is 52.7 Å². The molecule has 9 heteroatoms. The number of aromatic nitrogens is 2. The third kappa shape index (κ3) is 4.46. The number of likely N-dealkylation sites (tertiary alicyclic amines) is 1. The molecule has 168 valence electrons. The number of anilines is 1.